The van der Waals surface area contributed by atoms with Crippen LogP contribution in [0.25, 0.3) is 11.0 Å². The monoisotopic (exact) mass is 379 g/mol. The number of aromatic amines is 1. The molecular formula is C21H25N5O2. The van der Waals surface area contributed by atoms with Gasteiger partial charge in [-0.05, 0) is 43.4 Å². The van der Waals surface area contributed by atoms with Crippen LogP contribution in [0.1, 0.15) is 54.7 Å². The number of carbonyl (C=O) groups excluding carboxylic acids is 1. The Balaban J connectivity index is 1.68. The van der Waals surface area contributed by atoms with Gasteiger partial charge in [0.1, 0.15) is 11.5 Å². The zero-order valence-corrected chi connectivity index (χ0v) is 16.5. The van der Waals surface area contributed by atoms with Crippen LogP contribution >= 0.6 is 0 Å². The van der Waals surface area contributed by atoms with Crippen LogP contribution in [0, 0.1) is 5.92 Å². The van der Waals surface area contributed by atoms with E-state index in [9.17, 15) is 9.59 Å². The molecule has 3 heterocycles. The van der Waals surface area contributed by atoms with Crippen molar-refractivity contribution >= 4 is 16.9 Å². The quantitative estimate of drug-likeness (QED) is 0.755. The van der Waals surface area contributed by atoms with E-state index < -0.39 is 5.69 Å². The standard InChI is InChI=1S/C21H25N5O2/c1-13(2)11-14-12-16(24-21(28)22-14)20(27)26-10-6-9-18(26)19-23-15-7-4-5-8-17(15)25(19)3/h4-5,7-8,12-13,18H,6,9-11H2,1-3H3,(H,22,24,28). The number of rotatable bonds is 4. The van der Waals surface area contributed by atoms with Crippen LogP contribution in [0.5, 0.6) is 0 Å². The number of amides is 1. The fourth-order valence-electron chi connectivity index (χ4n) is 4.05. The van der Waals surface area contributed by atoms with Gasteiger partial charge in [-0.2, -0.15) is 4.98 Å². The van der Waals surface area contributed by atoms with Crippen molar-refractivity contribution in [3.8, 4) is 0 Å². The van der Waals surface area contributed by atoms with E-state index in [0.717, 1.165) is 35.4 Å². The number of nitrogens with one attached hydrogen (secondary N) is 1. The molecule has 0 saturated carbocycles. The Hall–Kier alpha value is -2.96. The molecule has 1 unspecified atom stereocenters. The Labute approximate surface area is 163 Å². The van der Waals surface area contributed by atoms with Gasteiger partial charge in [-0.3, -0.25) is 4.79 Å². The Morgan fingerprint density at radius 2 is 2.07 bits per heavy atom. The SMILES string of the molecule is CC(C)Cc1cc(C(=O)N2CCCC2c2nc3ccccc3n2C)nc(=O)[nH]1. The topological polar surface area (TPSA) is 83.9 Å². The highest BCUT2D eigenvalue weighted by molar-refractivity contribution is 5.92. The van der Waals surface area contributed by atoms with Crippen molar-refractivity contribution in [2.24, 2.45) is 13.0 Å². The Morgan fingerprint density at radius 1 is 1.29 bits per heavy atom. The second-order valence-electron chi connectivity index (χ2n) is 7.87. The Morgan fingerprint density at radius 3 is 2.82 bits per heavy atom. The van der Waals surface area contributed by atoms with Gasteiger partial charge in [0.2, 0.25) is 0 Å². The number of carbonyl (C=O) groups is 1. The third-order valence-electron chi connectivity index (χ3n) is 5.28. The number of para-hydroxylation sites is 2. The normalized spacial score (nSPS) is 17.0. The number of imidazole rings is 1. The summed E-state index contributed by atoms with van der Waals surface area (Å²) in [7, 11) is 1.98. The molecule has 1 amide bonds. The highest BCUT2D eigenvalue weighted by Gasteiger charge is 2.34. The minimum atomic E-state index is -0.472. The highest BCUT2D eigenvalue weighted by atomic mass is 16.2. The first-order chi connectivity index (χ1) is 13.4. The summed E-state index contributed by atoms with van der Waals surface area (Å²) in [6, 6.07) is 9.57. The molecule has 4 rings (SSSR count). The molecule has 7 nitrogen and oxygen atoms in total. The van der Waals surface area contributed by atoms with E-state index in [1.165, 1.54) is 0 Å². The minimum Gasteiger partial charge on any atom is -0.329 e. The van der Waals surface area contributed by atoms with E-state index in [1.807, 2.05) is 36.2 Å². The molecule has 7 heteroatoms. The van der Waals surface area contributed by atoms with Gasteiger partial charge in [-0.25, -0.2) is 9.78 Å². The zero-order valence-electron chi connectivity index (χ0n) is 16.5. The minimum absolute atomic E-state index is 0.112. The lowest BCUT2D eigenvalue weighted by Crippen LogP contribution is -2.34. The van der Waals surface area contributed by atoms with Gasteiger partial charge in [0, 0.05) is 19.3 Å². The predicted octanol–water partition coefficient (Wildman–Crippen LogP) is 2.83. The summed E-state index contributed by atoms with van der Waals surface area (Å²) in [6.45, 7) is 4.78. The van der Waals surface area contributed by atoms with Gasteiger partial charge in [0.15, 0.2) is 0 Å². The molecule has 0 spiro atoms. The number of likely N-dealkylation sites (tertiary alicyclic amines) is 1. The van der Waals surface area contributed by atoms with Crippen LogP contribution in [0.3, 0.4) is 0 Å². The number of benzene rings is 1. The van der Waals surface area contributed by atoms with Crippen molar-refractivity contribution in [3.63, 3.8) is 0 Å². The summed E-state index contributed by atoms with van der Waals surface area (Å²) in [5.41, 5.74) is 2.46. The lowest BCUT2D eigenvalue weighted by Gasteiger charge is -2.24. The maximum Gasteiger partial charge on any atom is 0.345 e. The first-order valence-electron chi connectivity index (χ1n) is 9.76. The van der Waals surface area contributed by atoms with E-state index in [2.05, 4.69) is 28.4 Å². The van der Waals surface area contributed by atoms with Crippen LogP contribution < -0.4 is 5.69 Å². The third kappa shape index (κ3) is 3.32. The molecule has 3 aromatic rings. The molecule has 1 N–H and O–H groups in total. The van der Waals surface area contributed by atoms with E-state index >= 15 is 0 Å². The number of hydrogen-bond donors (Lipinski definition) is 1. The summed E-state index contributed by atoms with van der Waals surface area (Å²) in [5, 5.41) is 0. The molecular weight excluding hydrogens is 354 g/mol. The van der Waals surface area contributed by atoms with Crippen LogP contribution in [0.2, 0.25) is 0 Å². The van der Waals surface area contributed by atoms with Crippen molar-refractivity contribution in [2.75, 3.05) is 6.54 Å². The maximum absolute atomic E-state index is 13.2. The number of hydrogen-bond acceptors (Lipinski definition) is 4. The molecule has 1 aliphatic rings. The number of fused-ring (bicyclic) bond motifs is 1. The van der Waals surface area contributed by atoms with Crippen molar-refractivity contribution in [1.82, 2.24) is 24.4 Å². The average Bonchev–Trinajstić information content (AvgIpc) is 3.25. The summed E-state index contributed by atoms with van der Waals surface area (Å²) in [5.74, 6) is 1.05. The molecule has 0 aliphatic carbocycles. The van der Waals surface area contributed by atoms with Crippen molar-refractivity contribution in [1.29, 1.82) is 0 Å². The zero-order chi connectivity index (χ0) is 19.8. The van der Waals surface area contributed by atoms with Crippen LogP contribution in [0.4, 0.5) is 0 Å². The van der Waals surface area contributed by atoms with Crippen LogP contribution in [-0.4, -0.2) is 36.9 Å². The van der Waals surface area contributed by atoms with Gasteiger partial charge in [0.05, 0.1) is 17.1 Å². The smallest absolute Gasteiger partial charge is 0.329 e. The predicted molar refractivity (Wildman–Crippen MR) is 107 cm³/mol. The second-order valence-corrected chi connectivity index (χ2v) is 7.87. The largest absolute Gasteiger partial charge is 0.345 e. The Bertz CT molecular complexity index is 1080. The molecule has 28 heavy (non-hydrogen) atoms. The molecule has 1 fully saturated rings. The molecule has 0 bridgehead atoms. The summed E-state index contributed by atoms with van der Waals surface area (Å²) in [4.78, 5) is 38.5. The number of aromatic nitrogens is 4. The number of nitrogens with zero attached hydrogens (tertiary/aromatic N) is 4. The van der Waals surface area contributed by atoms with Crippen LogP contribution in [-0.2, 0) is 13.5 Å². The van der Waals surface area contributed by atoms with Crippen LogP contribution in [0.15, 0.2) is 35.1 Å². The fraction of sp³-hybridized carbons (Fsp3) is 0.429. The van der Waals surface area contributed by atoms with E-state index in [4.69, 9.17) is 4.98 Å². The molecule has 1 atom stereocenters. The summed E-state index contributed by atoms with van der Waals surface area (Å²) < 4.78 is 2.06. The molecule has 2 aromatic heterocycles. The molecule has 1 aromatic carbocycles. The number of H-pyrrole nitrogens is 1. The fourth-order valence-corrected chi connectivity index (χ4v) is 4.05. The second kappa shape index (κ2) is 7.22. The van der Waals surface area contributed by atoms with Crippen molar-refractivity contribution < 1.29 is 4.79 Å². The van der Waals surface area contributed by atoms with Gasteiger partial charge in [-0.15, -0.1) is 0 Å². The molecule has 1 aliphatic heterocycles. The molecule has 146 valence electrons. The van der Waals surface area contributed by atoms with E-state index in [1.54, 1.807) is 6.07 Å². The van der Waals surface area contributed by atoms with Gasteiger partial charge in [-0.1, -0.05) is 26.0 Å². The third-order valence-corrected chi connectivity index (χ3v) is 5.28. The highest BCUT2D eigenvalue weighted by Crippen LogP contribution is 2.33. The lowest BCUT2D eigenvalue weighted by atomic mass is 10.1. The molecule has 0 radical (unpaired) electrons. The van der Waals surface area contributed by atoms with Gasteiger partial charge in [0.25, 0.3) is 5.91 Å². The Kier molecular flexibility index (Phi) is 4.75. The molecule has 1 saturated heterocycles. The van der Waals surface area contributed by atoms with Crippen molar-refractivity contribution in [2.45, 2.75) is 39.2 Å². The first kappa shape index (κ1) is 18.4. The maximum atomic E-state index is 13.2. The van der Waals surface area contributed by atoms with E-state index in [-0.39, 0.29) is 17.6 Å². The average molecular weight is 379 g/mol. The summed E-state index contributed by atoms with van der Waals surface area (Å²) in [6.07, 6.45) is 2.46. The lowest BCUT2D eigenvalue weighted by molar-refractivity contribution is 0.0721. The van der Waals surface area contributed by atoms with E-state index in [0.29, 0.717) is 18.9 Å². The number of aryl methyl sites for hydroxylation is 1. The first-order valence-corrected chi connectivity index (χ1v) is 9.76. The summed E-state index contributed by atoms with van der Waals surface area (Å²) >= 11 is 0. The van der Waals surface area contributed by atoms with Crippen molar-refractivity contribution in [3.05, 3.63) is 58.0 Å². The van der Waals surface area contributed by atoms with Gasteiger partial charge >= 0.3 is 5.69 Å². The van der Waals surface area contributed by atoms with Gasteiger partial charge < -0.3 is 14.5 Å².